The molecule has 0 unspecified atom stereocenters. The fraction of sp³-hybridized carbons (Fsp3) is 0.421. The van der Waals surface area contributed by atoms with Gasteiger partial charge in [-0.1, -0.05) is 43.6 Å². The molecule has 0 spiro atoms. The predicted octanol–water partition coefficient (Wildman–Crippen LogP) is 4.07. The van der Waals surface area contributed by atoms with E-state index >= 15 is 0 Å². The molecule has 1 saturated heterocycles. The van der Waals surface area contributed by atoms with Crippen molar-refractivity contribution >= 4 is 34.9 Å². The van der Waals surface area contributed by atoms with E-state index < -0.39 is 6.04 Å². The van der Waals surface area contributed by atoms with E-state index in [4.69, 9.17) is 16.1 Å². The third kappa shape index (κ3) is 3.60. The van der Waals surface area contributed by atoms with E-state index in [0.29, 0.717) is 35.1 Å². The van der Waals surface area contributed by atoms with Gasteiger partial charge in [-0.25, -0.2) is 0 Å². The molecule has 1 aromatic carbocycles. The normalized spacial score (nSPS) is 17.7. The van der Waals surface area contributed by atoms with E-state index in [9.17, 15) is 9.59 Å². The highest BCUT2D eigenvalue weighted by molar-refractivity contribution is 6.31. The average molecular weight is 376 g/mol. The van der Waals surface area contributed by atoms with Crippen LogP contribution in [0.15, 0.2) is 28.8 Å². The molecule has 26 heavy (non-hydrogen) atoms. The van der Waals surface area contributed by atoms with E-state index in [1.54, 1.807) is 18.2 Å². The molecule has 1 N–H and O–H groups in total. The summed E-state index contributed by atoms with van der Waals surface area (Å²) in [6.07, 6.45) is 0.760. The molecule has 1 atom stereocenters. The van der Waals surface area contributed by atoms with Gasteiger partial charge in [-0.15, -0.1) is 0 Å². The molecule has 0 radical (unpaired) electrons. The van der Waals surface area contributed by atoms with Crippen LogP contribution in [0, 0.1) is 6.92 Å². The van der Waals surface area contributed by atoms with Gasteiger partial charge in [0.2, 0.25) is 11.8 Å². The van der Waals surface area contributed by atoms with Crippen LogP contribution in [-0.2, 0) is 15.0 Å². The molecule has 0 bridgehead atoms. The zero-order chi connectivity index (χ0) is 19.1. The van der Waals surface area contributed by atoms with Crippen LogP contribution in [-0.4, -0.2) is 23.0 Å². The molecule has 138 valence electrons. The highest BCUT2D eigenvalue weighted by Crippen LogP contribution is 2.31. The smallest absolute Gasteiger partial charge is 0.248 e. The summed E-state index contributed by atoms with van der Waals surface area (Å²) >= 11 is 6.18. The van der Waals surface area contributed by atoms with Crippen molar-refractivity contribution < 1.29 is 14.1 Å². The standard InChI is InChI=1S/C19H22ClN3O3/c1-11-5-6-12(9-13(11)20)23-14(7-8-17(23)24)18(25)21-16-10-15(26-22-16)19(2,3)4/h5-6,9-10,14H,7-8H2,1-4H3,(H,21,22,25)/t14-/m0/s1. The van der Waals surface area contributed by atoms with Gasteiger partial charge < -0.3 is 9.84 Å². The molecule has 7 heteroatoms. The lowest BCUT2D eigenvalue weighted by Gasteiger charge is -2.24. The first-order valence-electron chi connectivity index (χ1n) is 8.53. The third-order valence-corrected chi connectivity index (χ3v) is 4.86. The number of hydrogen-bond acceptors (Lipinski definition) is 4. The second kappa shape index (κ2) is 6.76. The quantitative estimate of drug-likeness (QED) is 0.877. The number of carbonyl (C=O) groups excluding carboxylic acids is 2. The Labute approximate surface area is 157 Å². The minimum atomic E-state index is -0.601. The van der Waals surface area contributed by atoms with E-state index in [0.717, 1.165) is 5.56 Å². The van der Waals surface area contributed by atoms with Gasteiger partial charge in [0, 0.05) is 28.6 Å². The predicted molar refractivity (Wildman–Crippen MR) is 101 cm³/mol. The Morgan fingerprint density at radius 2 is 2.08 bits per heavy atom. The fourth-order valence-electron chi connectivity index (χ4n) is 2.88. The first-order chi connectivity index (χ1) is 12.2. The third-order valence-electron chi connectivity index (χ3n) is 4.45. The number of carbonyl (C=O) groups is 2. The van der Waals surface area contributed by atoms with Crippen LogP contribution in [0.1, 0.15) is 44.9 Å². The summed E-state index contributed by atoms with van der Waals surface area (Å²) < 4.78 is 5.29. The first kappa shape index (κ1) is 18.5. The lowest BCUT2D eigenvalue weighted by Crippen LogP contribution is -2.41. The summed E-state index contributed by atoms with van der Waals surface area (Å²) in [5.74, 6) is 0.639. The molecule has 2 amide bonds. The van der Waals surface area contributed by atoms with Crippen molar-refractivity contribution in [3.8, 4) is 0 Å². The van der Waals surface area contributed by atoms with Gasteiger partial charge in [0.25, 0.3) is 0 Å². The van der Waals surface area contributed by atoms with Crippen LogP contribution in [0.3, 0.4) is 0 Å². The van der Waals surface area contributed by atoms with Crippen molar-refractivity contribution in [3.05, 3.63) is 40.6 Å². The molecule has 2 aromatic rings. The molecular weight excluding hydrogens is 354 g/mol. The van der Waals surface area contributed by atoms with Crippen molar-refractivity contribution in [1.29, 1.82) is 0 Å². The highest BCUT2D eigenvalue weighted by atomic mass is 35.5. The van der Waals surface area contributed by atoms with Crippen molar-refractivity contribution in [2.75, 3.05) is 10.2 Å². The molecule has 1 aliphatic rings. The molecule has 1 fully saturated rings. The minimum absolute atomic E-state index is 0.0967. The maximum atomic E-state index is 12.7. The Morgan fingerprint density at radius 3 is 2.69 bits per heavy atom. The molecule has 6 nitrogen and oxygen atoms in total. The number of aryl methyl sites for hydroxylation is 1. The molecule has 1 aromatic heterocycles. The minimum Gasteiger partial charge on any atom is -0.359 e. The summed E-state index contributed by atoms with van der Waals surface area (Å²) in [4.78, 5) is 26.6. The van der Waals surface area contributed by atoms with E-state index in [-0.39, 0.29) is 17.2 Å². The maximum Gasteiger partial charge on any atom is 0.248 e. The lowest BCUT2D eigenvalue weighted by atomic mass is 9.93. The second-order valence-corrected chi connectivity index (χ2v) is 7.97. The molecule has 0 saturated carbocycles. The first-order valence-corrected chi connectivity index (χ1v) is 8.91. The van der Waals surface area contributed by atoms with Crippen LogP contribution in [0.4, 0.5) is 11.5 Å². The van der Waals surface area contributed by atoms with Gasteiger partial charge in [0.05, 0.1) is 0 Å². The van der Waals surface area contributed by atoms with Crippen molar-refractivity contribution in [3.63, 3.8) is 0 Å². The number of halogens is 1. The number of anilines is 2. The summed E-state index contributed by atoms with van der Waals surface area (Å²) in [6, 6.07) is 6.47. The van der Waals surface area contributed by atoms with Gasteiger partial charge >= 0.3 is 0 Å². The Hall–Kier alpha value is -2.34. The Morgan fingerprint density at radius 1 is 1.35 bits per heavy atom. The van der Waals surface area contributed by atoms with Gasteiger partial charge in [-0.2, -0.15) is 0 Å². The average Bonchev–Trinajstić information content (AvgIpc) is 3.16. The SMILES string of the molecule is Cc1ccc(N2C(=O)CC[C@H]2C(=O)Nc2cc(C(C)(C)C)on2)cc1Cl. The number of aromatic nitrogens is 1. The Kier molecular flexibility index (Phi) is 4.80. The van der Waals surface area contributed by atoms with Crippen molar-refractivity contribution in [2.45, 2.75) is 52.0 Å². The van der Waals surface area contributed by atoms with Crippen molar-refractivity contribution in [1.82, 2.24) is 5.16 Å². The van der Waals surface area contributed by atoms with Crippen LogP contribution in [0.2, 0.25) is 5.02 Å². The Balaban J connectivity index is 1.80. The largest absolute Gasteiger partial charge is 0.359 e. The van der Waals surface area contributed by atoms with Crippen LogP contribution in [0.25, 0.3) is 0 Å². The van der Waals surface area contributed by atoms with Crippen LogP contribution in [0.5, 0.6) is 0 Å². The fourth-order valence-corrected chi connectivity index (χ4v) is 3.06. The van der Waals surface area contributed by atoms with Gasteiger partial charge in [0.1, 0.15) is 11.8 Å². The van der Waals surface area contributed by atoms with E-state index in [1.807, 2.05) is 33.8 Å². The monoisotopic (exact) mass is 375 g/mol. The second-order valence-electron chi connectivity index (χ2n) is 7.57. The van der Waals surface area contributed by atoms with E-state index in [1.165, 1.54) is 4.90 Å². The molecule has 2 heterocycles. The zero-order valence-corrected chi connectivity index (χ0v) is 16.1. The van der Waals surface area contributed by atoms with Gasteiger partial charge in [-0.05, 0) is 31.0 Å². The van der Waals surface area contributed by atoms with Crippen molar-refractivity contribution in [2.24, 2.45) is 0 Å². The van der Waals surface area contributed by atoms with Crippen LogP contribution >= 0.6 is 11.6 Å². The molecule has 0 aliphatic carbocycles. The summed E-state index contributed by atoms with van der Waals surface area (Å²) in [6.45, 7) is 7.88. The summed E-state index contributed by atoms with van der Waals surface area (Å²) in [5.41, 5.74) is 1.34. The Bertz CT molecular complexity index is 854. The number of nitrogens with zero attached hydrogens (tertiary/aromatic N) is 2. The molecule has 1 aliphatic heterocycles. The number of benzene rings is 1. The van der Waals surface area contributed by atoms with E-state index in [2.05, 4.69) is 10.5 Å². The number of hydrogen-bond donors (Lipinski definition) is 1. The number of nitrogens with one attached hydrogen (secondary N) is 1. The summed E-state index contributed by atoms with van der Waals surface area (Å²) in [5, 5.41) is 7.22. The summed E-state index contributed by atoms with van der Waals surface area (Å²) in [7, 11) is 0. The highest BCUT2D eigenvalue weighted by Gasteiger charge is 2.37. The lowest BCUT2D eigenvalue weighted by molar-refractivity contribution is -0.120. The molecule has 3 rings (SSSR count). The zero-order valence-electron chi connectivity index (χ0n) is 15.3. The number of rotatable bonds is 3. The topological polar surface area (TPSA) is 75.4 Å². The molecular formula is C19H22ClN3O3. The van der Waals surface area contributed by atoms with Gasteiger partial charge in [0.15, 0.2) is 5.82 Å². The maximum absolute atomic E-state index is 12.7. The number of amides is 2. The van der Waals surface area contributed by atoms with Crippen LogP contribution < -0.4 is 10.2 Å². The van der Waals surface area contributed by atoms with Gasteiger partial charge in [-0.3, -0.25) is 14.5 Å².